The highest BCUT2D eigenvalue weighted by Gasteiger charge is 2.26. The summed E-state index contributed by atoms with van der Waals surface area (Å²) in [5.41, 5.74) is 2.65. The molecule has 0 aliphatic carbocycles. The summed E-state index contributed by atoms with van der Waals surface area (Å²) in [4.78, 5) is 37.1. The van der Waals surface area contributed by atoms with Gasteiger partial charge in [-0.15, -0.1) is 0 Å². The molecule has 1 heterocycles. The van der Waals surface area contributed by atoms with Crippen molar-refractivity contribution in [1.82, 2.24) is 4.90 Å². The molecule has 0 aromatic heterocycles. The van der Waals surface area contributed by atoms with Crippen LogP contribution in [-0.2, 0) is 23.9 Å². The third-order valence-electron chi connectivity index (χ3n) is 4.08. The fourth-order valence-corrected chi connectivity index (χ4v) is 2.59. The van der Waals surface area contributed by atoms with Gasteiger partial charge in [0.1, 0.15) is 0 Å². The second-order valence-electron chi connectivity index (χ2n) is 6.17. The van der Waals surface area contributed by atoms with Gasteiger partial charge in [0.25, 0.3) is 5.91 Å². The number of amides is 2. The monoisotopic (exact) mass is 348 g/mol. The van der Waals surface area contributed by atoms with Crippen molar-refractivity contribution in [2.24, 2.45) is 0 Å². The molecular weight excluding hydrogens is 324 g/mol. The van der Waals surface area contributed by atoms with Gasteiger partial charge in [-0.05, 0) is 37.8 Å². The maximum Gasteiger partial charge on any atom is 0.335 e. The van der Waals surface area contributed by atoms with Gasteiger partial charge < -0.3 is 19.7 Å². The molecule has 7 heteroatoms. The summed E-state index contributed by atoms with van der Waals surface area (Å²) in [6, 6.07) is 5.72. The largest absolute Gasteiger partial charge is 0.454 e. The molecular formula is C18H24N2O5. The van der Waals surface area contributed by atoms with E-state index in [1.165, 1.54) is 11.9 Å². The maximum absolute atomic E-state index is 12.1. The molecule has 1 aliphatic rings. The summed E-state index contributed by atoms with van der Waals surface area (Å²) in [5, 5.41) is 2.81. The summed E-state index contributed by atoms with van der Waals surface area (Å²) in [6.07, 6.45) is 0.845. The third kappa shape index (κ3) is 5.29. The number of hydrogen-bond acceptors (Lipinski definition) is 5. The van der Waals surface area contributed by atoms with E-state index < -0.39 is 24.6 Å². The summed E-state index contributed by atoms with van der Waals surface area (Å²) in [5.74, 6) is -1.28. The third-order valence-corrected chi connectivity index (χ3v) is 4.08. The first-order chi connectivity index (χ1) is 11.9. The van der Waals surface area contributed by atoms with Gasteiger partial charge in [-0.3, -0.25) is 9.59 Å². The highest BCUT2D eigenvalue weighted by molar-refractivity contribution is 5.96. The van der Waals surface area contributed by atoms with Gasteiger partial charge in [0.05, 0.1) is 6.54 Å². The molecule has 1 fully saturated rings. The number of anilines is 1. The number of nitrogens with one attached hydrogen (secondary N) is 1. The summed E-state index contributed by atoms with van der Waals surface area (Å²) in [6.45, 7) is 3.83. The van der Waals surface area contributed by atoms with E-state index in [1.54, 1.807) is 0 Å². The Bertz CT molecular complexity index is 633. The van der Waals surface area contributed by atoms with E-state index in [0.29, 0.717) is 13.0 Å². The molecule has 1 saturated heterocycles. The fraction of sp³-hybridized carbons (Fsp3) is 0.500. The molecule has 0 saturated carbocycles. The molecule has 0 unspecified atom stereocenters. The zero-order valence-corrected chi connectivity index (χ0v) is 14.8. The van der Waals surface area contributed by atoms with Crippen molar-refractivity contribution in [3.8, 4) is 0 Å². The van der Waals surface area contributed by atoms with Crippen molar-refractivity contribution < 1.29 is 23.9 Å². The van der Waals surface area contributed by atoms with E-state index in [1.807, 2.05) is 32.0 Å². The summed E-state index contributed by atoms with van der Waals surface area (Å²) >= 11 is 0. The number of aryl methyl sites for hydroxylation is 2. The number of likely N-dealkylation sites (N-methyl/N-ethyl adjacent to an activating group) is 1. The number of benzene rings is 1. The second-order valence-corrected chi connectivity index (χ2v) is 6.17. The van der Waals surface area contributed by atoms with E-state index in [2.05, 4.69) is 5.32 Å². The van der Waals surface area contributed by atoms with E-state index >= 15 is 0 Å². The van der Waals surface area contributed by atoms with Gasteiger partial charge in [-0.25, -0.2) is 4.79 Å². The molecule has 0 spiro atoms. The standard InChI is InChI=1S/C18H24N2O5/c1-12-6-4-7-13(2)17(12)19-15(21)10-20(3)16(22)11-25-18(23)14-8-5-9-24-14/h4,6-7,14H,5,8-11H2,1-3H3,(H,19,21)/t14-/m0/s1. The van der Waals surface area contributed by atoms with Crippen LogP contribution in [0.25, 0.3) is 0 Å². The Morgan fingerprint density at radius 3 is 2.56 bits per heavy atom. The number of carbonyl (C=O) groups is 3. The highest BCUT2D eigenvalue weighted by Crippen LogP contribution is 2.19. The zero-order valence-electron chi connectivity index (χ0n) is 14.8. The van der Waals surface area contributed by atoms with Crippen LogP contribution in [0.15, 0.2) is 18.2 Å². The molecule has 1 aliphatic heterocycles. The minimum absolute atomic E-state index is 0.121. The van der Waals surface area contributed by atoms with Gasteiger partial charge in [0, 0.05) is 19.3 Å². The zero-order chi connectivity index (χ0) is 18.4. The van der Waals surface area contributed by atoms with E-state index in [4.69, 9.17) is 9.47 Å². The Morgan fingerprint density at radius 2 is 1.96 bits per heavy atom. The van der Waals surface area contributed by atoms with Gasteiger partial charge >= 0.3 is 5.97 Å². The lowest BCUT2D eigenvalue weighted by atomic mass is 10.1. The van der Waals surface area contributed by atoms with Crippen LogP contribution in [0.5, 0.6) is 0 Å². The predicted octanol–water partition coefficient (Wildman–Crippen LogP) is 1.42. The Morgan fingerprint density at radius 1 is 1.28 bits per heavy atom. The molecule has 1 aromatic rings. The van der Waals surface area contributed by atoms with Crippen LogP contribution in [0.1, 0.15) is 24.0 Å². The number of para-hydroxylation sites is 1. The Labute approximate surface area is 147 Å². The molecule has 0 radical (unpaired) electrons. The molecule has 7 nitrogen and oxygen atoms in total. The average Bonchev–Trinajstić information content (AvgIpc) is 3.10. The minimum atomic E-state index is -0.578. The van der Waals surface area contributed by atoms with E-state index in [9.17, 15) is 14.4 Å². The first kappa shape index (κ1) is 18.9. The van der Waals surface area contributed by atoms with Crippen molar-refractivity contribution in [2.45, 2.75) is 32.8 Å². The number of carbonyl (C=O) groups excluding carboxylic acids is 3. The quantitative estimate of drug-likeness (QED) is 0.786. The highest BCUT2D eigenvalue weighted by atomic mass is 16.6. The first-order valence-electron chi connectivity index (χ1n) is 8.26. The lowest BCUT2D eigenvalue weighted by Gasteiger charge is -2.18. The van der Waals surface area contributed by atoms with Crippen LogP contribution in [0.2, 0.25) is 0 Å². The van der Waals surface area contributed by atoms with Crippen molar-refractivity contribution in [2.75, 3.05) is 32.1 Å². The van der Waals surface area contributed by atoms with Crippen molar-refractivity contribution in [1.29, 1.82) is 0 Å². The lowest BCUT2D eigenvalue weighted by molar-refractivity contribution is -0.159. The number of nitrogens with zero attached hydrogens (tertiary/aromatic N) is 1. The van der Waals surface area contributed by atoms with E-state index in [0.717, 1.165) is 23.2 Å². The molecule has 25 heavy (non-hydrogen) atoms. The van der Waals surface area contributed by atoms with Crippen LogP contribution < -0.4 is 5.32 Å². The smallest absolute Gasteiger partial charge is 0.335 e. The van der Waals surface area contributed by atoms with Gasteiger partial charge in [-0.2, -0.15) is 0 Å². The number of ether oxygens (including phenoxy) is 2. The van der Waals surface area contributed by atoms with Crippen molar-refractivity contribution >= 4 is 23.5 Å². The van der Waals surface area contributed by atoms with Crippen molar-refractivity contribution in [3.63, 3.8) is 0 Å². The van der Waals surface area contributed by atoms with Crippen LogP contribution in [0, 0.1) is 13.8 Å². The molecule has 1 aromatic carbocycles. The number of esters is 1. The topological polar surface area (TPSA) is 84.9 Å². The second kappa shape index (κ2) is 8.62. The van der Waals surface area contributed by atoms with Crippen LogP contribution >= 0.6 is 0 Å². The van der Waals surface area contributed by atoms with Gasteiger partial charge in [0.2, 0.25) is 5.91 Å². The molecule has 2 amide bonds. The van der Waals surface area contributed by atoms with Crippen LogP contribution in [-0.4, -0.2) is 55.6 Å². The molecule has 1 N–H and O–H groups in total. The molecule has 136 valence electrons. The Balaban J connectivity index is 1.79. The molecule has 1 atom stereocenters. The van der Waals surface area contributed by atoms with E-state index in [-0.39, 0.29) is 12.5 Å². The normalized spacial score (nSPS) is 16.4. The molecule has 0 bridgehead atoms. The average molecular weight is 348 g/mol. The summed E-state index contributed by atoms with van der Waals surface area (Å²) in [7, 11) is 1.49. The lowest BCUT2D eigenvalue weighted by Crippen LogP contribution is -2.38. The first-order valence-corrected chi connectivity index (χ1v) is 8.26. The van der Waals surface area contributed by atoms with Crippen LogP contribution in [0.4, 0.5) is 5.69 Å². The number of hydrogen-bond donors (Lipinski definition) is 1. The van der Waals surface area contributed by atoms with Crippen molar-refractivity contribution in [3.05, 3.63) is 29.3 Å². The Hall–Kier alpha value is -2.41. The molecule has 2 rings (SSSR count). The maximum atomic E-state index is 12.1. The number of rotatable bonds is 6. The summed E-state index contributed by atoms with van der Waals surface area (Å²) < 4.78 is 10.2. The van der Waals surface area contributed by atoms with Gasteiger partial charge in [-0.1, -0.05) is 18.2 Å². The minimum Gasteiger partial charge on any atom is -0.454 e. The predicted molar refractivity (Wildman–Crippen MR) is 92.1 cm³/mol. The van der Waals surface area contributed by atoms with Crippen LogP contribution in [0.3, 0.4) is 0 Å². The SMILES string of the molecule is Cc1cccc(C)c1NC(=O)CN(C)C(=O)COC(=O)[C@@H]1CCCO1. The fourth-order valence-electron chi connectivity index (χ4n) is 2.59. The Kier molecular flexibility index (Phi) is 6.52. The van der Waals surface area contributed by atoms with Gasteiger partial charge in [0.15, 0.2) is 12.7 Å².